The van der Waals surface area contributed by atoms with Crippen LogP contribution in [0.5, 0.6) is 5.75 Å². The second-order valence-electron chi connectivity index (χ2n) is 8.14. The maximum atomic E-state index is 13.1. The molecule has 7 heteroatoms. The van der Waals surface area contributed by atoms with Gasteiger partial charge in [0.2, 0.25) is 0 Å². The van der Waals surface area contributed by atoms with Crippen LogP contribution < -0.4 is 15.4 Å². The molecule has 2 aliphatic heterocycles. The third-order valence-corrected chi connectivity index (χ3v) is 6.06. The number of anilines is 1. The molecule has 1 aromatic carbocycles. The summed E-state index contributed by atoms with van der Waals surface area (Å²) in [5, 5.41) is 6.62. The second-order valence-corrected chi connectivity index (χ2v) is 8.14. The first kappa shape index (κ1) is 20.6. The molecule has 1 atom stereocenters. The number of nitrogens with zero attached hydrogens (tertiary/aromatic N) is 3. The summed E-state index contributed by atoms with van der Waals surface area (Å²) >= 11 is 0. The molecule has 7 nitrogen and oxygen atoms in total. The van der Waals surface area contributed by atoms with Crippen LogP contribution in [0, 0.1) is 13.8 Å². The molecule has 0 aliphatic carbocycles. The smallest absolute Gasteiger partial charge is 0.261 e. The van der Waals surface area contributed by atoms with E-state index < -0.39 is 0 Å². The number of carbonyl (C=O) groups is 1. The van der Waals surface area contributed by atoms with E-state index in [1.54, 1.807) is 0 Å². The highest BCUT2D eigenvalue weighted by Gasteiger charge is 2.32. The molecule has 1 saturated heterocycles. The van der Waals surface area contributed by atoms with Crippen molar-refractivity contribution in [2.75, 3.05) is 32.1 Å². The first-order valence-electron chi connectivity index (χ1n) is 10.8. The van der Waals surface area contributed by atoms with E-state index in [-0.39, 0.29) is 18.6 Å². The van der Waals surface area contributed by atoms with Crippen molar-refractivity contribution < 1.29 is 9.53 Å². The van der Waals surface area contributed by atoms with Gasteiger partial charge >= 0.3 is 0 Å². The maximum absolute atomic E-state index is 13.1. The van der Waals surface area contributed by atoms with Crippen molar-refractivity contribution in [2.45, 2.75) is 52.1 Å². The quantitative estimate of drug-likeness (QED) is 0.791. The number of benzene rings is 1. The number of amides is 1. The van der Waals surface area contributed by atoms with Gasteiger partial charge in [0.05, 0.1) is 11.7 Å². The van der Waals surface area contributed by atoms with Crippen LogP contribution in [0.1, 0.15) is 53.5 Å². The lowest BCUT2D eigenvalue weighted by molar-refractivity contribution is -0.137. The standard InChI is InChI=1S/C23H31N5O2/c1-15-7-6-8-16(2)21(15)30-14-20(29)28-12-5-4-9-19(28)23-26-18-13-25-11-10-17(18)22(24-3)27-23/h6-8,19,25H,4-5,9-14H2,1-3H3,(H,24,26,27). The summed E-state index contributed by atoms with van der Waals surface area (Å²) in [4.78, 5) is 24.7. The molecule has 2 aliphatic rings. The van der Waals surface area contributed by atoms with Gasteiger partial charge in [0.15, 0.2) is 12.4 Å². The van der Waals surface area contributed by atoms with Gasteiger partial charge in [-0.25, -0.2) is 9.97 Å². The largest absolute Gasteiger partial charge is 0.483 e. The van der Waals surface area contributed by atoms with Crippen LogP contribution in [0.25, 0.3) is 0 Å². The minimum absolute atomic E-state index is 0.00666. The Bertz CT molecular complexity index is 893. The maximum Gasteiger partial charge on any atom is 0.261 e. The molecule has 2 N–H and O–H groups in total. The Morgan fingerprint density at radius 1 is 1.27 bits per heavy atom. The number of carbonyl (C=O) groups excluding carboxylic acids is 1. The summed E-state index contributed by atoms with van der Waals surface area (Å²) in [7, 11) is 1.90. The van der Waals surface area contributed by atoms with Crippen LogP contribution in [0.2, 0.25) is 0 Å². The van der Waals surface area contributed by atoms with Gasteiger partial charge in [-0.05, 0) is 57.2 Å². The molecule has 3 heterocycles. The van der Waals surface area contributed by atoms with E-state index in [9.17, 15) is 4.79 Å². The van der Waals surface area contributed by atoms with Gasteiger partial charge in [-0.3, -0.25) is 4.79 Å². The van der Waals surface area contributed by atoms with E-state index in [4.69, 9.17) is 14.7 Å². The highest BCUT2D eigenvalue weighted by molar-refractivity contribution is 5.78. The minimum Gasteiger partial charge on any atom is -0.483 e. The molecule has 1 amide bonds. The topological polar surface area (TPSA) is 79.4 Å². The van der Waals surface area contributed by atoms with Crippen LogP contribution in [-0.2, 0) is 17.8 Å². The van der Waals surface area contributed by atoms with Gasteiger partial charge in [0.25, 0.3) is 5.91 Å². The molecule has 0 saturated carbocycles. The summed E-state index contributed by atoms with van der Waals surface area (Å²) in [6.45, 7) is 6.44. The van der Waals surface area contributed by atoms with E-state index in [2.05, 4.69) is 10.6 Å². The molecule has 4 rings (SSSR count). The number of likely N-dealkylation sites (tertiary alicyclic amines) is 1. The van der Waals surface area contributed by atoms with E-state index in [1.807, 2.05) is 44.0 Å². The number of hydrogen-bond donors (Lipinski definition) is 2. The predicted octanol–water partition coefficient (Wildman–Crippen LogP) is 2.91. The van der Waals surface area contributed by atoms with Crippen molar-refractivity contribution in [1.29, 1.82) is 0 Å². The summed E-state index contributed by atoms with van der Waals surface area (Å²) in [6, 6.07) is 5.91. The number of fused-ring (bicyclic) bond motifs is 1. The Labute approximate surface area is 178 Å². The minimum atomic E-state index is -0.104. The zero-order chi connectivity index (χ0) is 21.1. The van der Waals surface area contributed by atoms with E-state index in [1.165, 1.54) is 5.56 Å². The second kappa shape index (κ2) is 9.00. The highest BCUT2D eigenvalue weighted by Crippen LogP contribution is 2.32. The normalized spacial score (nSPS) is 18.6. The predicted molar refractivity (Wildman–Crippen MR) is 117 cm³/mol. The Hall–Kier alpha value is -2.67. The molecule has 1 aromatic heterocycles. The van der Waals surface area contributed by atoms with E-state index in [0.717, 1.165) is 73.0 Å². The summed E-state index contributed by atoms with van der Waals surface area (Å²) in [5.41, 5.74) is 4.32. The lowest BCUT2D eigenvalue weighted by Crippen LogP contribution is -2.42. The summed E-state index contributed by atoms with van der Waals surface area (Å²) < 4.78 is 5.95. The van der Waals surface area contributed by atoms with Gasteiger partial charge in [-0.15, -0.1) is 0 Å². The molecule has 2 aromatic rings. The monoisotopic (exact) mass is 409 g/mol. The molecule has 160 valence electrons. The fraction of sp³-hybridized carbons (Fsp3) is 0.522. The van der Waals surface area contributed by atoms with Crippen LogP contribution in [0.15, 0.2) is 18.2 Å². The molecule has 1 unspecified atom stereocenters. The van der Waals surface area contributed by atoms with Crippen LogP contribution >= 0.6 is 0 Å². The molecule has 1 fully saturated rings. The lowest BCUT2D eigenvalue weighted by atomic mass is 10.00. The fourth-order valence-electron chi connectivity index (χ4n) is 4.48. The number of para-hydroxylation sites is 1. The Morgan fingerprint density at radius 3 is 2.83 bits per heavy atom. The first-order chi connectivity index (χ1) is 14.6. The van der Waals surface area contributed by atoms with Gasteiger partial charge in [0, 0.05) is 25.7 Å². The number of rotatable bonds is 5. The van der Waals surface area contributed by atoms with Crippen molar-refractivity contribution in [2.24, 2.45) is 0 Å². The number of hydrogen-bond acceptors (Lipinski definition) is 6. The highest BCUT2D eigenvalue weighted by atomic mass is 16.5. The van der Waals surface area contributed by atoms with Crippen molar-refractivity contribution in [3.63, 3.8) is 0 Å². The van der Waals surface area contributed by atoms with Gasteiger partial charge < -0.3 is 20.3 Å². The molecule has 0 spiro atoms. The van der Waals surface area contributed by atoms with Crippen LogP contribution in [0.3, 0.4) is 0 Å². The van der Waals surface area contributed by atoms with Gasteiger partial charge in [0.1, 0.15) is 11.6 Å². The van der Waals surface area contributed by atoms with Crippen LogP contribution in [0.4, 0.5) is 5.82 Å². The molecular formula is C23H31N5O2. The summed E-state index contributed by atoms with van der Waals surface area (Å²) in [5.74, 6) is 2.42. The van der Waals surface area contributed by atoms with E-state index in [0.29, 0.717) is 6.54 Å². The van der Waals surface area contributed by atoms with Crippen molar-refractivity contribution in [3.05, 3.63) is 46.4 Å². The summed E-state index contributed by atoms with van der Waals surface area (Å²) in [6.07, 6.45) is 3.87. The Morgan fingerprint density at radius 2 is 2.07 bits per heavy atom. The molecular weight excluding hydrogens is 378 g/mol. The number of aryl methyl sites for hydroxylation is 2. The molecule has 0 radical (unpaired) electrons. The Kier molecular flexibility index (Phi) is 6.18. The SMILES string of the molecule is CNc1nc(C2CCCCN2C(=O)COc2c(C)cccc2C)nc2c1CCNC2. The van der Waals surface area contributed by atoms with Crippen molar-refractivity contribution in [1.82, 2.24) is 20.2 Å². The third-order valence-electron chi connectivity index (χ3n) is 6.06. The van der Waals surface area contributed by atoms with Crippen molar-refractivity contribution in [3.8, 4) is 5.75 Å². The van der Waals surface area contributed by atoms with E-state index >= 15 is 0 Å². The van der Waals surface area contributed by atoms with Gasteiger partial charge in [-0.2, -0.15) is 0 Å². The molecule has 0 bridgehead atoms. The van der Waals surface area contributed by atoms with Gasteiger partial charge in [-0.1, -0.05) is 18.2 Å². The zero-order valence-electron chi connectivity index (χ0n) is 18.1. The fourth-order valence-corrected chi connectivity index (χ4v) is 4.48. The van der Waals surface area contributed by atoms with Crippen LogP contribution in [-0.4, -0.2) is 47.5 Å². The first-order valence-corrected chi connectivity index (χ1v) is 10.8. The zero-order valence-corrected chi connectivity index (χ0v) is 18.1. The lowest BCUT2D eigenvalue weighted by Gasteiger charge is -2.35. The molecule has 30 heavy (non-hydrogen) atoms. The average Bonchev–Trinajstić information content (AvgIpc) is 2.77. The average molecular weight is 410 g/mol. The van der Waals surface area contributed by atoms with Crippen molar-refractivity contribution >= 4 is 11.7 Å². The number of nitrogens with one attached hydrogen (secondary N) is 2. The number of aromatic nitrogens is 2. The number of ether oxygens (including phenoxy) is 1. The third kappa shape index (κ3) is 4.12. The Balaban J connectivity index is 1.55. The number of piperidine rings is 1.